The number of benzene rings is 4. The number of ether oxygens (including phenoxy) is 2. The number of ketones is 2. The quantitative estimate of drug-likeness (QED) is 0.244. The summed E-state index contributed by atoms with van der Waals surface area (Å²) in [5.74, 6) is 1.14. The van der Waals surface area contributed by atoms with Crippen molar-refractivity contribution in [3.8, 4) is 11.5 Å². The SMILES string of the molecule is Cc1ccc(C(=O)c2ccc(OCOc3ccc(C(=O)c4ccc(C)cc4)cc3)cc2)cc1. The molecule has 0 unspecified atom stereocenters. The van der Waals surface area contributed by atoms with Crippen molar-refractivity contribution < 1.29 is 19.1 Å². The van der Waals surface area contributed by atoms with Crippen LogP contribution in [0.2, 0.25) is 0 Å². The molecule has 4 rings (SSSR count). The molecule has 0 atom stereocenters. The fourth-order valence-electron chi connectivity index (χ4n) is 3.31. The first-order valence-electron chi connectivity index (χ1n) is 10.7. The first-order valence-corrected chi connectivity index (χ1v) is 10.7. The lowest BCUT2D eigenvalue weighted by molar-refractivity contribution is 0.103. The molecule has 164 valence electrons. The molecule has 0 aliphatic rings. The standard InChI is InChI=1S/C29H24O4/c1-20-3-7-22(8-4-20)28(30)24-11-15-26(16-12-24)32-19-33-27-17-13-25(14-18-27)29(31)23-9-5-21(2)6-10-23/h3-18H,19H2,1-2H3. The van der Waals surface area contributed by atoms with Crippen LogP contribution in [0.25, 0.3) is 0 Å². The third-order valence-electron chi connectivity index (χ3n) is 5.31. The molecule has 33 heavy (non-hydrogen) atoms. The Balaban J connectivity index is 1.30. The zero-order valence-corrected chi connectivity index (χ0v) is 18.6. The summed E-state index contributed by atoms with van der Waals surface area (Å²) in [4.78, 5) is 25.1. The number of aryl methyl sites for hydroxylation is 2. The van der Waals surface area contributed by atoms with Crippen molar-refractivity contribution in [1.82, 2.24) is 0 Å². The number of rotatable bonds is 8. The summed E-state index contributed by atoms with van der Waals surface area (Å²) >= 11 is 0. The fourth-order valence-corrected chi connectivity index (χ4v) is 3.31. The van der Waals surface area contributed by atoms with Crippen LogP contribution < -0.4 is 9.47 Å². The molecule has 0 aliphatic heterocycles. The van der Waals surface area contributed by atoms with E-state index in [0.717, 1.165) is 11.1 Å². The van der Waals surface area contributed by atoms with Crippen LogP contribution in [0.15, 0.2) is 97.1 Å². The van der Waals surface area contributed by atoms with E-state index in [4.69, 9.17) is 9.47 Å². The van der Waals surface area contributed by atoms with Crippen LogP contribution in [0.1, 0.15) is 43.0 Å². The van der Waals surface area contributed by atoms with Crippen LogP contribution in [0.4, 0.5) is 0 Å². The molecule has 0 saturated carbocycles. The maximum absolute atomic E-state index is 12.6. The predicted octanol–water partition coefficient (Wildman–Crippen LogP) is 6.18. The second-order valence-electron chi connectivity index (χ2n) is 7.85. The summed E-state index contributed by atoms with van der Waals surface area (Å²) in [6, 6.07) is 28.9. The van der Waals surface area contributed by atoms with E-state index in [-0.39, 0.29) is 18.4 Å². The lowest BCUT2D eigenvalue weighted by Crippen LogP contribution is -2.07. The molecule has 0 heterocycles. The molecule has 0 N–H and O–H groups in total. The third-order valence-corrected chi connectivity index (χ3v) is 5.31. The van der Waals surface area contributed by atoms with E-state index in [9.17, 15) is 9.59 Å². The molecule has 4 aromatic rings. The molecular weight excluding hydrogens is 412 g/mol. The zero-order chi connectivity index (χ0) is 23.2. The molecule has 0 radical (unpaired) electrons. The van der Waals surface area contributed by atoms with Gasteiger partial charge in [-0.1, -0.05) is 59.7 Å². The molecule has 0 bridgehead atoms. The van der Waals surface area contributed by atoms with Gasteiger partial charge in [-0.25, -0.2) is 0 Å². The highest BCUT2D eigenvalue weighted by molar-refractivity contribution is 6.09. The van der Waals surface area contributed by atoms with Gasteiger partial charge in [-0.05, 0) is 62.4 Å². The zero-order valence-electron chi connectivity index (χ0n) is 18.6. The largest absolute Gasteiger partial charge is 0.458 e. The molecular formula is C29H24O4. The Hall–Kier alpha value is -4.18. The van der Waals surface area contributed by atoms with Gasteiger partial charge in [-0.3, -0.25) is 9.59 Å². The Labute approximate surface area is 193 Å². The first kappa shape index (κ1) is 22.0. The predicted molar refractivity (Wildman–Crippen MR) is 128 cm³/mol. The minimum absolute atomic E-state index is 0.0104. The molecule has 0 aliphatic carbocycles. The van der Waals surface area contributed by atoms with E-state index >= 15 is 0 Å². The Bertz CT molecular complexity index is 1140. The summed E-state index contributed by atoms with van der Waals surface area (Å²) < 4.78 is 11.2. The Morgan fingerprint density at radius 1 is 0.485 bits per heavy atom. The summed E-state index contributed by atoms with van der Waals surface area (Å²) in [5, 5.41) is 0. The van der Waals surface area contributed by atoms with Crippen LogP contribution >= 0.6 is 0 Å². The maximum Gasteiger partial charge on any atom is 0.230 e. The topological polar surface area (TPSA) is 52.6 Å². The van der Waals surface area contributed by atoms with Gasteiger partial charge >= 0.3 is 0 Å². The lowest BCUT2D eigenvalue weighted by Gasteiger charge is -2.10. The van der Waals surface area contributed by atoms with Gasteiger partial charge in [0.05, 0.1) is 0 Å². The van der Waals surface area contributed by atoms with Gasteiger partial charge in [0.2, 0.25) is 6.79 Å². The summed E-state index contributed by atoms with van der Waals surface area (Å²) in [6.07, 6.45) is 0. The second kappa shape index (κ2) is 9.96. The smallest absolute Gasteiger partial charge is 0.230 e. The van der Waals surface area contributed by atoms with Crippen molar-refractivity contribution in [3.63, 3.8) is 0 Å². The van der Waals surface area contributed by atoms with E-state index in [1.807, 2.05) is 62.4 Å². The molecule has 4 heteroatoms. The normalized spacial score (nSPS) is 10.5. The molecule has 4 nitrogen and oxygen atoms in total. The van der Waals surface area contributed by atoms with Gasteiger partial charge in [0.25, 0.3) is 0 Å². The van der Waals surface area contributed by atoms with Crippen molar-refractivity contribution in [2.45, 2.75) is 13.8 Å². The molecule has 0 aromatic heterocycles. The first-order chi connectivity index (χ1) is 16.0. The van der Waals surface area contributed by atoms with Crippen LogP contribution in [-0.4, -0.2) is 18.4 Å². The highest BCUT2D eigenvalue weighted by atomic mass is 16.7. The lowest BCUT2D eigenvalue weighted by atomic mass is 10.0. The monoisotopic (exact) mass is 436 g/mol. The molecule has 4 aromatic carbocycles. The Kier molecular flexibility index (Phi) is 6.65. The third kappa shape index (κ3) is 5.55. The van der Waals surface area contributed by atoms with Gasteiger partial charge in [0.1, 0.15) is 11.5 Å². The van der Waals surface area contributed by atoms with Gasteiger partial charge < -0.3 is 9.47 Å². The molecule has 0 fully saturated rings. The molecule has 0 saturated heterocycles. The van der Waals surface area contributed by atoms with E-state index in [1.54, 1.807) is 48.5 Å². The highest BCUT2D eigenvalue weighted by Crippen LogP contribution is 2.18. The van der Waals surface area contributed by atoms with E-state index in [1.165, 1.54) is 0 Å². The van der Waals surface area contributed by atoms with Gasteiger partial charge in [-0.2, -0.15) is 0 Å². The van der Waals surface area contributed by atoms with Crippen LogP contribution in [0, 0.1) is 13.8 Å². The van der Waals surface area contributed by atoms with Gasteiger partial charge in [-0.15, -0.1) is 0 Å². The number of carbonyl (C=O) groups excluding carboxylic acids is 2. The van der Waals surface area contributed by atoms with Crippen molar-refractivity contribution in [3.05, 3.63) is 130 Å². The average Bonchev–Trinajstić information content (AvgIpc) is 2.85. The number of hydrogen-bond acceptors (Lipinski definition) is 4. The van der Waals surface area contributed by atoms with Crippen molar-refractivity contribution in [2.24, 2.45) is 0 Å². The van der Waals surface area contributed by atoms with Crippen LogP contribution in [0.5, 0.6) is 11.5 Å². The number of hydrogen-bond donors (Lipinski definition) is 0. The minimum Gasteiger partial charge on any atom is -0.458 e. The molecule has 0 amide bonds. The van der Waals surface area contributed by atoms with E-state index in [2.05, 4.69) is 0 Å². The van der Waals surface area contributed by atoms with Crippen LogP contribution in [0.3, 0.4) is 0 Å². The molecule has 0 spiro atoms. The van der Waals surface area contributed by atoms with E-state index in [0.29, 0.717) is 33.8 Å². The van der Waals surface area contributed by atoms with Crippen molar-refractivity contribution >= 4 is 11.6 Å². The Morgan fingerprint density at radius 2 is 0.758 bits per heavy atom. The van der Waals surface area contributed by atoms with Crippen molar-refractivity contribution in [2.75, 3.05) is 6.79 Å². The fraction of sp³-hybridized carbons (Fsp3) is 0.103. The summed E-state index contributed by atoms with van der Waals surface area (Å²) in [5.41, 5.74) is 4.73. The van der Waals surface area contributed by atoms with E-state index < -0.39 is 0 Å². The summed E-state index contributed by atoms with van der Waals surface area (Å²) in [6.45, 7) is 3.99. The minimum atomic E-state index is -0.0296. The Morgan fingerprint density at radius 3 is 1.06 bits per heavy atom. The van der Waals surface area contributed by atoms with Gasteiger partial charge in [0.15, 0.2) is 11.6 Å². The number of carbonyl (C=O) groups is 2. The average molecular weight is 437 g/mol. The maximum atomic E-state index is 12.6. The summed E-state index contributed by atoms with van der Waals surface area (Å²) in [7, 11) is 0. The van der Waals surface area contributed by atoms with Crippen LogP contribution in [-0.2, 0) is 0 Å². The van der Waals surface area contributed by atoms with Gasteiger partial charge in [0, 0.05) is 22.3 Å². The van der Waals surface area contributed by atoms with Crippen molar-refractivity contribution in [1.29, 1.82) is 0 Å². The second-order valence-corrected chi connectivity index (χ2v) is 7.85. The highest BCUT2D eigenvalue weighted by Gasteiger charge is 2.10.